The van der Waals surface area contributed by atoms with Crippen LogP contribution in [0.15, 0.2) is 65.4 Å². The second-order valence-corrected chi connectivity index (χ2v) is 5.27. The lowest BCUT2D eigenvalue weighted by Crippen LogP contribution is -1.99. The van der Waals surface area contributed by atoms with Crippen LogP contribution in [0.2, 0.25) is 0 Å². The van der Waals surface area contributed by atoms with Crippen molar-refractivity contribution in [1.29, 1.82) is 0 Å². The minimum Gasteiger partial charge on any atom is -0.395 e. The highest BCUT2D eigenvalue weighted by Crippen LogP contribution is 2.31. The van der Waals surface area contributed by atoms with E-state index in [9.17, 15) is 0 Å². The standard InChI is InChI=1S/C16H12BrN3/c17-13-8-6-12(7-9-13)16-14(18)15(19-10-20-16)11-4-2-1-3-5-11/h1-10H,18H2. The van der Waals surface area contributed by atoms with E-state index in [-0.39, 0.29) is 0 Å². The van der Waals surface area contributed by atoms with Crippen LogP contribution in [0, 0.1) is 0 Å². The van der Waals surface area contributed by atoms with Gasteiger partial charge in [-0.05, 0) is 12.1 Å². The summed E-state index contributed by atoms with van der Waals surface area (Å²) < 4.78 is 1.03. The molecule has 1 aromatic heterocycles. The number of nitrogens with zero attached hydrogens (tertiary/aromatic N) is 2. The summed E-state index contributed by atoms with van der Waals surface area (Å²) in [6, 6.07) is 17.8. The largest absolute Gasteiger partial charge is 0.395 e. The summed E-state index contributed by atoms with van der Waals surface area (Å²) in [6.45, 7) is 0. The van der Waals surface area contributed by atoms with Gasteiger partial charge >= 0.3 is 0 Å². The van der Waals surface area contributed by atoms with Crippen LogP contribution in [0.4, 0.5) is 5.69 Å². The van der Waals surface area contributed by atoms with Gasteiger partial charge in [-0.3, -0.25) is 0 Å². The number of aromatic nitrogens is 2. The molecule has 0 saturated heterocycles. The van der Waals surface area contributed by atoms with Gasteiger partial charge in [0.2, 0.25) is 0 Å². The molecule has 0 radical (unpaired) electrons. The van der Waals surface area contributed by atoms with Crippen LogP contribution < -0.4 is 5.73 Å². The zero-order valence-electron chi connectivity index (χ0n) is 10.6. The summed E-state index contributed by atoms with van der Waals surface area (Å²) in [4.78, 5) is 8.62. The molecule has 0 amide bonds. The molecule has 0 saturated carbocycles. The Kier molecular flexibility index (Phi) is 3.48. The first kappa shape index (κ1) is 12.8. The molecule has 98 valence electrons. The zero-order chi connectivity index (χ0) is 13.9. The first-order valence-corrected chi connectivity index (χ1v) is 6.97. The summed E-state index contributed by atoms with van der Waals surface area (Å²) in [5.41, 5.74) is 10.3. The summed E-state index contributed by atoms with van der Waals surface area (Å²) in [6.07, 6.45) is 1.55. The average molecular weight is 326 g/mol. The van der Waals surface area contributed by atoms with Crippen molar-refractivity contribution in [2.24, 2.45) is 0 Å². The van der Waals surface area contributed by atoms with Crippen molar-refractivity contribution >= 4 is 21.6 Å². The monoisotopic (exact) mass is 325 g/mol. The van der Waals surface area contributed by atoms with E-state index in [0.29, 0.717) is 5.69 Å². The Morgan fingerprint density at radius 3 is 1.90 bits per heavy atom. The number of anilines is 1. The maximum atomic E-state index is 6.25. The molecule has 0 atom stereocenters. The molecule has 2 N–H and O–H groups in total. The third kappa shape index (κ3) is 2.42. The number of nitrogen functional groups attached to an aromatic ring is 1. The molecule has 2 aromatic carbocycles. The van der Waals surface area contributed by atoms with E-state index in [1.54, 1.807) is 6.33 Å². The number of halogens is 1. The lowest BCUT2D eigenvalue weighted by atomic mass is 10.1. The highest BCUT2D eigenvalue weighted by Gasteiger charge is 2.11. The van der Waals surface area contributed by atoms with Crippen LogP contribution >= 0.6 is 15.9 Å². The minimum atomic E-state index is 0.598. The number of hydrogen-bond donors (Lipinski definition) is 1. The molecule has 0 spiro atoms. The van der Waals surface area contributed by atoms with E-state index in [2.05, 4.69) is 25.9 Å². The minimum absolute atomic E-state index is 0.598. The molecular formula is C16H12BrN3. The number of hydrogen-bond acceptors (Lipinski definition) is 3. The molecule has 0 aliphatic rings. The Morgan fingerprint density at radius 1 is 0.750 bits per heavy atom. The van der Waals surface area contributed by atoms with Crippen molar-refractivity contribution < 1.29 is 0 Å². The Morgan fingerprint density at radius 2 is 1.30 bits per heavy atom. The highest BCUT2D eigenvalue weighted by molar-refractivity contribution is 9.10. The molecule has 0 fully saturated rings. The van der Waals surface area contributed by atoms with Gasteiger partial charge in [0, 0.05) is 15.6 Å². The average Bonchev–Trinajstić information content (AvgIpc) is 2.49. The van der Waals surface area contributed by atoms with Gasteiger partial charge in [-0.25, -0.2) is 9.97 Å². The van der Waals surface area contributed by atoms with Crippen LogP contribution in [0.1, 0.15) is 0 Å². The second-order valence-electron chi connectivity index (χ2n) is 4.36. The Hall–Kier alpha value is -2.20. The van der Waals surface area contributed by atoms with Crippen LogP contribution in [0.5, 0.6) is 0 Å². The molecule has 0 aliphatic heterocycles. The van der Waals surface area contributed by atoms with E-state index in [4.69, 9.17) is 5.73 Å². The summed E-state index contributed by atoms with van der Waals surface area (Å²) >= 11 is 3.42. The maximum Gasteiger partial charge on any atom is 0.116 e. The highest BCUT2D eigenvalue weighted by atomic mass is 79.9. The van der Waals surface area contributed by atoms with E-state index in [1.807, 2.05) is 54.6 Å². The van der Waals surface area contributed by atoms with Gasteiger partial charge < -0.3 is 5.73 Å². The first-order chi connectivity index (χ1) is 9.75. The van der Waals surface area contributed by atoms with Gasteiger partial charge in [-0.15, -0.1) is 0 Å². The van der Waals surface area contributed by atoms with Crippen LogP contribution in [-0.4, -0.2) is 9.97 Å². The third-order valence-electron chi connectivity index (χ3n) is 3.05. The molecule has 3 nitrogen and oxygen atoms in total. The quantitative estimate of drug-likeness (QED) is 0.769. The van der Waals surface area contributed by atoms with Crippen molar-refractivity contribution in [1.82, 2.24) is 9.97 Å². The van der Waals surface area contributed by atoms with Crippen LogP contribution in [0.3, 0.4) is 0 Å². The molecule has 20 heavy (non-hydrogen) atoms. The van der Waals surface area contributed by atoms with Gasteiger partial charge in [0.05, 0.1) is 17.1 Å². The Balaban J connectivity index is 2.13. The Labute approximate surface area is 125 Å². The number of benzene rings is 2. The fourth-order valence-corrected chi connectivity index (χ4v) is 2.32. The van der Waals surface area contributed by atoms with Crippen molar-refractivity contribution in [2.45, 2.75) is 0 Å². The molecular weight excluding hydrogens is 314 g/mol. The van der Waals surface area contributed by atoms with Crippen molar-refractivity contribution in [3.8, 4) is 22.5 Å². The lowest BCUT2D eigenvalue weighted by molar-refractivity contribution is 1.18. The van der Waals surface area contributed by atoms with Gasteiger partial charge in [-0.2, -0.15) is 0 Å². The second kappa shape index (κ2) is 5.43. The van der Waals surface area contributed by atoms with Gasteiger partial charge in [0.15, 0.2) is 0 Å². The fourth-order valence-electron chi connectivity index (χ4n) is 2.06. The lowest BCUT2D eigenvalue weighted by Gasteiger charge is -2.09. The van der Waals surface area contributed by atoms with E-state index in [1.165, 1.54) is 0 Å². The fraction of sp³-hybridized carbons (Fsp3) is 0. The van der Waals surface area contributed by atoms with Crippen molar-refractivity contribution in [3.05, 3.63) is 65.4 Å². The maximum absolute atomic E-state index is 6.25. The molecule has 0 aliphatic carbocycles. The predicted octanol–water partition coefficient (Wildman–Crippen LogP) is 4.16. The van der Waals surface area contributed by atoms with Gasteiger partial charge in [0.25, 0.3) is 0 Å². The summed E-state index contributed by atoms with van der Waals surface area (Å²) in [7, 11) is 0. The van der Waals surface area contributed by atoms with Crippen LogP contribution in [0.25, 0.3) is 22.5 Å². The molecule has 3 rings (SSSR count). The van der Waals surface area contributed by atoms with Crippen molar-refractivity contribution in [2.75, 3.05) is 5.73 Å². The molecule has 0 bridgehead atoms. The normalized spacial score (nSPS) is 10.4. The number of rotatable bonds is 2. The van der Waals surface area contributed by atoms with Crippen molar-refractivity contribution in [3.63, 3.8) is 0 Å². The zero-order valence-corrected chi connectivity index (χ0v) is 12.2. The van der Waals surface area contributed by atoms with Gasteiger partial charge in [-0.1, -0.05) is 58.4 Å². The molecule has 0 unspecified atom stereocenters. The summed E-state index contributed by atoms with van der Waals surface area (Å²) in [5.74, 6) is 0. The SMILES string of the molecule is Nc1c(-c2ccccc2)ncnc1-c1ccc(Br)cc1. The third-order valence-corrected chi connectivity index (χ3v) is 3.58. The van der Waals surface area contributed by atoms with E-state index in [0.717, 1.165) is 27.0 Å². The smallest absolute Gasteiger partial charge is 0.116 e. The van der Waals surface area contributed by atoms with E-state index < -0.39 is 0 Å². The van der Waals surface area contributed by atoms with Gasteiger partial charge in [0.1, 0.15) is 6.33 Å². The van der Waals surface area contributed by atoms with E-state index >= 15 is 0 Å². The topological polar surface area (TPSA) is 51.8 Å². The summed E-state index contributed by atoms with van der Waals surface area (Å²) in [5, 5.41) is 0. The number of nitrogens with two attached hydrogens (primary N) is 1. The first-order valence-electron chi connectivity index (χ1n) is 6.17. The molecule has 3 aromatic rings. The molecule has 1 heterocycles. The molecule has 4 heteroatoms. The Bertz CT molecular complexity index is 724. The predicted molar refractivity (Wildman–Crippen MR) is 85.0 cm³/mol. The van der Waals surface area contributed by atoms with Crippen LogP contribution in [-0.2, 0) is 0 Å².